The molecule has 0 radical (unpaired) electrons. The van der Waals surface area contributed by atoms with E-state index in [1.54, 1.807) is 0 Å². The SMILES string of the molecule is CCCC1NN1Cc1ccccc1. The van der Waals surface area contributed by atoms with Crippen LogP contribution in [0.1, 0.15) is 25.3 Å². The van der Waals surface area contributed by atoms with Gasteiger partial charge in [-0.2, -0.15) is 0 Å². The van der Waals surface area contributed by atoms with E-state index >= 15 is 0 Å². The molecule has 2 unspecified atom stereocenters. The molecule has 1 fully saturated rings. The van der Waals surface area contributed by atoms with Gasteiger partial charge in [-0.1, -0.05) is 43.7 Å². The van der Waals surface area contributed by atoms with Crippen molar-refractivity contribution in [2.45, 2.75) is 32.5 Å². The third kappa shape index (κ3) is 2.29. The Balaban J connectivity index is 1.81. The lowest BCUT2D eigenvalue weighted by Crippen LogP contribution is -2.02. The highest BCUT2D eigenvalue weighted by atomic mass is 15.7. The maximum absolute atomic E-state index is 3.35. The second-order valence-electron chi connectivity index (χ2n) is 3.55. The van der Waals surface area contributed by atoms with Crippen LogP contribution in [0, 0.1) is 0 Å². The van der Waals surface area contributed by atoms with Gasteiger partial charge in [0.2, 0.25) is 0 Å². The number of hydrazine groups is 1. The van der Waals surface area contributed by atoms with Crippen molar-refractivity contribution >= 4 is 0 Å². The topological polar surface area (TPSA) is 25.0 Å². The molecule has 0 aliphatic carbocycles. The second kappa shape index (κ2) is 3.90. The van der Waals surface area contributed by atoms with Crippen LogP contribution in [0.25, 0.3) is 0 Å². The van der Waals surface area contributed by atoms with Gasteiger partial charge in [0.15, 0.2) is 0 Å². The van der Waals surface area contributed by atoms with Crippen LogP contribution >= 0.6 is 0 Å². The Morgan fingerprint density at radius 3 is 2.77 bits per heavy atom. The molecule has 1 aromatic rings. The van der Waals surface area contributed by atoms with Crippen LogP contribution in [0.4, 0.5) is 0 Å². The molecule has 0 amide bonds. The van der Waals surface area contributed by atoms with E-state index in [9.17, 15) is 0 Å². The summed E-state index contributed by atoms with van der Waals surface area (Å²) >= 11 is 0. The molecule has 1 saturated heterocycles. The summed E-state index contributed by atoms with van der Waals surface area (Å²) in [4.78, 5) is 0. The molecule has 13 heavy (non-hydrogen) atoms. The first-order valence-corrected chi connectivity index (χ1v) is 4.97. The van der Waals surface area contributed by atoms with Crippen molar-refractivity contribution in [1.29, 1.82) is 0 Å². The lowest BCUT2D eigenvalue weighted by atomic mass is 10.2. The van der Waals surface area contributed by atoms with Gasteiger partial charge in [0.25, 0.3) is 0 Å². The van der Waals surface area contributed by atoms with E-state index in [2.05, 4.69) is 47.7 Å². The molecule has 1 aromatic carbocycles. The molecule has 0 saturated carbocycles. The Morgan fingerprint density at radius 2 is 2.08 bits per heavy atom. The zero-order chi connectivity index (χ0) is 9.10. The van der Waals surface area contributed by atoms with Crippen molar-refractivity contribution in [2.75, 3.05) is 0 Å². The van der Waals surface area contributed by atoms with E-state index in [-0.39, 0.29) is 0 Å². The van der Waals surface area contributed by atoms with Gasteiger partial charge in [-0.15, -0.1) is 0 Å². The number of rotatable bonds is 4. The number of hydrogen-bond acceptors (Lipinski definition) is 2. The number of nitrogens with zero attached hydrogens (tertiary/aromatic N) is 1. The number of hydrogen-bond donors (Lipinski definition) is 1. The molecule has 1 aliphatic rings. The summed E-state index contributed by atoms with van der Waals surface area (Å²) in [6, 6.07) is 10.6. The summed E-state index contributed by atoms with van der Waals surface area (Å²) in [5.41, 5.74) is 4.73. The predicted octanol–water partition coefficient (Wildman–Crippen LogP) is 2.13. The van der Waals surface area contributed by atoms with E-state index in [0.29, 0.717) is 6.17 Å². The Morgan fingerprint density at radius 1 is 1.31 bits per heavy atom. The smallest absolute Gasteiger partial charge is 0.0867 e. The maximum atomic E-state index is 3.35. The summed E-state index contributed by atoms with van der Waals surface area (Å²) in [6.45, 7) is 3.26. The molecule has 0 spiro atoms. The van der Waals surface area contributed by atoms with Crippen LogP contribution < -0.4 is 5.43 Å². The Hall–Kier alpha value is -0.860. The van der Waals surface area contributed by atoms with Crippen LogP contribution in [0.5, 0.6) is 0 Å². The molecule has 0 aromatic heterocycles. The molecular formula is C11H16N2. The average molecular weight is 176 g/mol. The van der Waals surface area contributed by atoms with Gasteiger partial charge in [-0.3, -0.25) is 0 Å². The average Bonchev–Trinajstić information content (AvgIpc) is 2.86. The van der Waals surface area contributed by atoms with Crippen molar-refractivity contribution in [3.8, 4) is 0 Å². The molecule has 70 valence electrons. The van der Waals surface area contributed by atoms with Gasteiger partial charge in [-0.05, 0) is 12.0 Å². The van der Waals surface area contributed by atoms with Crippen molar-refractivity contribution in [3.05, 3.63) is 35.9 Å². The van der Waals surface area contributed by atoms with E-state index in [1.807, 2.05) is 0 Å². The minimum absolute atomic E-state index is 0.630. The monoisotopic (exact) mass is 176 g/mol. The summed E-state index contributed by atoms with van der Waals surface area (Å²) in [7, 11) is 0. The van der Waals surface area contributed by atoms with Gasteiger partial charge < -0.3 is 0 Å². The van der Waals surface area contributed by atoms with Gasteiger partial charge in [-0.25, -0.2) is 10.4 Å². The van der Waals surface area contributed by atoms with Gasteiger partial charge in [0.05, 0.1) is 6.17 Å². The highest BCUT2D eigenvalue weighted by Gasteiger charge is 2.31. The fraction of sp³-hybridized carbons (Fsp3) is 0.455. The van der Waals surface area contributed by atoms with E-state index in [1.165, 1.54) is 18.4 Å². The first kappa shape index (κ1) is 8.73. The minimum Gasteiger partial charge on any atom is -0.235 e. The molecular weight excluding hydrogens is 160 g/mol. The highest BCUT2D eigenvalue weighted by Crippen LogP contribution is 2.18. The normalized spacial score (nSPS) is 25.9. The predicted molar refractivity (Wildman–Crippen MR) is 53.8 cm³/mol. The van der Waals surface area contributed by atoms with Crippen molar-refractivity contribution < 1.29 is 0 Å². The quantitative estimate of drug-likeness (QED) is 0.711. The third-order valence-electron chi connectivity index (χ3n) is 2.38. The molecule has 1 aliphatic heterocycles. The first-order chi connectivity index (χ1) is 6.40. The van der Waals surface area contributed by atoms with Crippen LogP contribution in [0.3, 0.4) is 0 Å². The molecule has 1 heterocycles. The molecule has 1 N–H and O–H groups in total. The van der Waals surface area contributed by atoms with Gasteiger partial charge >= 0.3 is 0 Å². The molecule has 2 heteroatoms. The summed E-state index contributed by atoms with van der Waals surface area (Å²) in [5, 5.41) is 2.29. The summed E-state index contributed by atoms with van der Waals surface area (Å²) in [6.07, 6.45) is 3.14. The Labute approximate surface area is 79.5 Å². The van der Waals surface area contributed by atoms with Crippen LogP contribution in [0.15, 0.2) is 30.3 Å². The highest BCUT2D eigenvalue weighted by molar-refractivity contribution is 5.15. The van der Waals surface area contributed by atoms with Gasteiger partial charge in [0.1, 0.15) is 0 Å². The first-order valence-electron chi connectivity index (χ1n) is 4.97. The van der Waals surface area contributed by atoms with E-state index in [4.69, 9.17) is 0 Å². The summed E-state index contributed by atoms with van der Waals surface area (Å²) in [5.74, 6) is 0. The maximum Gasteiger partial charge on any atom is 0.0867 e. The molecule has 2 nitrogen and oxygen atoms in total. The van der Waals surface area contributed by atoms with Crippen molar-refractivity contribution in [2.24, 2.45) is 0 Å². The third-order valence-corrected chi connectivity index (χ3v) is 2.38. The number of nitrogens with one attached hydrogen (secondary N) is 1. The van der Waals surface area contributed by atoms with Crippen molar-refractivity contribution in [3.63, 3.8) is 0 Å². The lowest BCUT2D eigenvalue weighted by Gasteiger charge is -2.00. The van der Waals surface area contributed by atoms with E-state index in [0.717, 1.165) is 6.54 Å². The zero-order valence-electron chi connectivity index (χ0n) is 8.03. The fourth-order valence-corrected chi connectivity index (χ4v) is 1.59. The minimum atomic E-state index is 0.630. The second-order valence-corrected chi connectivity index (χ2v) is 3.55. The van der Waals surface area contributed by atoms with Crippen LogP contribution in [-0.2, 0) is 6.54 Å². The van der Waals surface area contributed by atoms with Crippen LogP contribution in [0.2, 0.25) is 0 Å². The van der Waals surface area contributed by atoms with Crippen LogP contribution in [-0.4, -0.2) is 11.2 Å². The summed E-state index contributed by atoms with van der Waals surface area (Å²) < 4.78 is 0. The van der Waals surface area contributed by atoms with Crippen molar-refractivity contribution in [1.82, 2.24) is 10.4 Å². The zero-order valence-corrected chi connectivity index (χ0v) is 8.03. The molecule has 0 bridgehead atoms. The standard InChI is InChI=1S/C11H16N2/c1-2-6-11-12-13(11)9-10-7-4-3-5-8-10/h3-5,7-8,11-12H,2,6,9H2,1H3. The lowest BCUT2D eigenvalue weighted by molar-refractivity contribution is 0.463. The Kier molecular flexibility index (Phi) is 2.62. The molecule has 2 atom stereocenters. The number of benzene rings is 1. The fourth-order valence-electron chi connectivity index (χ4n) is 1.59. The largest absolute Gasteiger partial charge is 0.235 e. The van der Waals surface area contributed by atoms with E-state index < -0.39 is 0 Å². The molecule has 2 rings (SSSR count). The van der Waals surface area contributed by atoms with Gasteiger partial charge in [0, 0.05) is 6.54 Å². The Bertz CT molecular complexity index is 258.